The molecule has 2 aromatic rings. The molecule has 3 N–H and O–H groups in total. The predicted molar refractivity (Wildman–Crippen MR) is 91.2 cm³/mol. The Labute approximate surface area is 134 Å². The van der Waals surface area contributed by atoms with Gasteiger partial charge in [0.05, 0.1) is 6.61 Å². The van der Waals surface area contributed by atoms with Gasteiger partial charge in [0.2, 0.25) is 0 Å². The number of ether oxygens (including phenoxy) is 1. The first-order valence-electron chi connectivity index (χ1n) is 7.59. The van der Waals surface area contributed by atoms with Gasteiger partial charge in [0.15, 0.2) is 0 Å². The van der Waals surface area contributed by atoms with Crippen molar-refractivity contribution in [3.05, 3.63) is 59.8 Å². The van der Waals surface area contributed by atoms with Gasteiger partial charge >= 0.3 is 6.03 Å². The molecule has 5 heteroatoms. The van der Waals surface area contributed by atoms with Gasteiger partial charge < -0.3 is 20.7 Å². The minimum absolute atomic E-state index is 0.256. The minimum atomic E-state index is -0.256. The van der Waals surface area contributed by atoms with E-state index in [1.807, 2.05) is 36.4 Å². The van der Waals surface area contributed by atoms with Gasteiger partial charge in [-0.1, -0.05) is 6.58 Å². The van der Waals surface area contributed by atoms with Crippen LogP contribution in [0.25, 0.3) is 0 Å². The van der Waals surface area contributed by atoms with Gasteiger partial charge in [-0.25, -0.2) is 4.79 Å². The Morgan fingerprint density at radius 1 is 1.09 bits per heavy atom. The van der Waals surface area contributed by atoms with Crippen molar-refractivity contribution in [2.24, 2.45) is 0 Å². The SMILES string of the molecule is C=C1Cc2cc(NC(=O)Nc3ccc4c(c3)CCO4)ccc2N1. The molecule has 0 saturated carbocycles. The maximum absolute atomic E-state index is 12.2. The molecule has 0 spiro atoms. The third-order valence-electron chi connectivity index (χ3n) is 4.03. The Hall–Kier alpha value is -2.95. The zero-order valence-corrected chi connectivity index (χ0v) is 12.6. The summed E-state index contributed by atoms with van der Waals surface area (Å²) in [5.74, 6) is 0.905. The number of nitrogens with one attached hydrogen (secondary N) is 3. The summed E-state index contributed by atoms with van der Waals surface area (Å²) in [6.07, 6.45) is 1.67. The molecule has 2 aliphatic heterocycles. The number of fused-ring (bicyclic) bond motifs is 2. The summed E-state index contributed by atoms with van der Waals surface area (Å²) < 4.78 is 5.46. The summed E-state index contributed by atoms with van der Waals surface area (Å²) in [6.45, 7) is 4.63. The fourth-order valence-corrected chi connectivity index (χ4v) is 2.96. The van der Waals surface area contributed by atoms with Gasteiger partial charge in [0, 0.05) is 35.6 Å². The molecule has 0 aliphatic carbocycles. The lowest BCUT2D eigenvalue weighted by molar-refractivity contribution is 0.262. The predicted octanol–water partition coefficient (Wildman–Crippen LogP) is 3.75. The maximum atomic E-state index is 12.2. The van der Waals surface area contributed by atoms with E-state index in [9.17, 15) is 4.79 Å². The highest BCUT2D eigenvalue weighted by Crippen LogP contribution is 2.30. The minimum Gasteiger partial charge on any atom is -0.493 e. The van der Waals surface area contributed by atoms with Gasteiger partial charge in [0.25, 0.3) is 0 Å². The third kappa shape index (κ3) is 2.73. The van der Waals surface area contributed by atoms with Gasteiger partial charge in [-0.15, -0.1) is 0 Å². The van der Waals surface area contributed by atoms with Crippen LogP contribution < -0.4 is 20.7 Å². The van der Waals surface area contributed by atoms with Crippen LogP contribution in [-0.2, 0) is 12.8 Å². The first kappa shape index (κ1) is 13.7. The summed E-state index contributed by atoms with van der Waals surface area (Å²) >= 11 is 0. The zero-order valence-electron chi connectivity index (χ0n) is 12.6. The molecule has 0 bridgehead atoms. The van der Waals surface area contributed by atoms with Crippen molar-refractivity contribution in [1.82, 2.24) is 0 Å². The van der Waals surface area contributed by atoms with Crippen LogP contribution in [0, 0.1) is 0 Å². The van der Waals surface area contributed by atoms with Gasteiger partial charge in [-0.2, -0.15) is 0 Å². The lowest BCUT2D eigenvalue weighted by Gasteiger charge is -2.10. The number of allylic oxidation sites excluding steroid dienone is 1. The molecule has 0 saturated heterocycles. The monoisotopic (exact) mass is 307 g/mol. The number of carbonyl (C=O) groups is 1. The van der Waals surface area contributed by atoms with Crippen LogP contribution in [0.1, 0.15) is 11.1 Å². The zero-order chi connectivity index (χ0) is 15.8. The fraction of sp³-hybridized carbons (Fsp3) is 0.167. The summed E-state index contributed by atoms with van der Waals surface area (Å²) in [4.78, 5) is 12.2. The molecule has 0 atom stereocenters. The van der Waals surface area contributed by atoms with E-state index in [-0.39, 0.29) is 6.03 Å². The molecule has 0 aromatic heterocycles. The van der Waals surface area contributed by atoms with Crippen LogP contribution in [0.2, 0.25) is 0 Å². The fourth-order valence-electron chi connectivity index (χ4n) is 2.96. The molecule has 2 aromatic carbocycles. The van der Waals surface area contributed by atoms with Crippen molar-refractivity contribution >= 4 is 23.1 Å². The summed E-state index contributed by atoms with van der Waals surface area (Å²) in [5, 5.41) is 8.93. The first-order chi connectivity index (χ1) is 11.2. The average Bonchev–Trinajstić information content (AvgIpc) is 3.11. The van der Waals surface area contributed by atoms with E-state index in [0.717, 1.165) is 52.5 Å². The topological polar surface area (TPSA) is 62.4 Å². The Morgan fingerprint density at radius 3 is 2.65 bits per heavy atom. The van der Waals surface area contributed by atoms with E-state index in [0.29, 0.717) is 6.61 Å². The number of hydrogen-bond acceptors (Lipinski definition) is 3. The van der Waals surface area contributed by atoms with E-state index >= 15 is 0 Å². The second kappa shape index (κ2) is 5.35. The van der Waals surface area contributed by atoms with Crippen LogP contribution in [0.5, 0.6) is 5.75 Å². The van der Waals surface area contributed by atoms with Crippen molar-refractivity contribution in [2.45, 2.75) is 12.8 Å². The Kier molecular flexibility index (Phi) is 3.19. The van der Waals surface area contributed by atoms with Gasteiger partial charge in [-0.3, -0.25) is 0 Å². The molecule has 5 nitrogen and oxygen atoms in total. The van der Waals surface area contributed by atoms with Crippen molar-refractivity contribution in [3.63, 3.8) is 0 Å². The largest absolute Gasteiger partial charge is 0.493 e. The summed E-state index contributed by atoms with van der Waals surface area (Å²) in [7, 11) is 0. The highest BCUT2D eigenvalue weighted by atomic mass is 16.5. The quantitative estimate of drug-likeness (QED) is 0.792. The molecule has 4 rings (SSSR count). The summed E-state index contributed by atoms with van der Waals surface area (Å²) in [6, 6.07) is 11.2. The number of carbonyl (C=O) groups excluding carboxylic acids is 1. The van der Waals surface area contributed by atoms with Crippen LogP contribution in [0.4, 0.5) is 21.9 Å². The normalized spacial score (nSPS) is 14.5. The van der Waals surface area contributed by atoms with E-state index < -0.39 is 0 Å². The average molecular weight is 307 g/mol. The molecule has 2 aliphatic rings. The number of hydrogen-bond donors (Lipinski definition) is 3. The van der Waals surface area contributed by atoms with Crippen LogP contribution >= 0.6 is 0 Å². The Balaban J connectivity index is 1.44. The number of anilines is 3. The lowest BCUT2D eigenvalue weighted by Crippen LogP contribution is -2.19. The number of benzene rings is 2. The van der Waals surface area contributed by atoms with Crippen molar-refractivity contribution in [2.75, 3.05) is 22.6 Å². The van der Waals surface area contributed by atoms with Crippen molar-refractivity contribution in [1.29, 1.82) is 0 Å². The van der Waals surface area contributed by atoms with Crippen molar-refractivity contribution in [3.8, 4) is 5.75 Å². The molecule has 0 unspecified atom stereocenters. The standard InChI is InChI=1S/C18H17N3O2/c1-11-8-13-10-14(2-4-16(13)19-11)20-18(22)21-15-3-5-17-12(9-15)6-7-23-17/h2-5,9-10,19H,1,6-8H2,(H2,20,21,22). The van der Waals surface area contributed by atoms with E-state index in [4.69, 9.17) is 4.74 Å². The van der Waals surface area contributed by atoms with Gasteiger partial charge in [0.1, 0.15) is 5.75 Å². The second-order valence-corrected chi connectivity index (χ2v) is 5.78. The van der Waals surface area contributed by atoms with Gasteiger partial charge in [-0.05, 0) is 47.5 Å². The highest BCUT2D eigenvalue weighted by molar-refractivity contribution is 6.00. The number of rotatable bonds is 2. The van der Waals surface area contributed by atoms with E-state index in [2.05, 4.69) is 22.5 Å². The third-order valence-corrected chi connectivity index (χ3v) is 4.03. The highest BCUT2D eigenvalue weighted by Gasteiger charge is 2.15. The Morgan fingerprint density at radius 2 is 1.83 bits per heavy atom. The van der Waals surface area contributed by atoms with Crippen LogP contribution in [0.3, 0.4) is 0 Å². The number of amides is 2. The van der Waals surface area contributed by atoms with Crippen LogP contribution in [0.15, 0.2) is 48.7 Å². The molecule has 2 amide bonds. The second-order valence-electron chi connectivity index (χ2n) is 5.78. The maximum Gasteiger partial charge on any atom is 0.323 e. The molecule has 2 heterocycles. The number of urea groups is 1. The smallest absolute Gasteiger partial charge is 0.323 e. The lowest BCUT2D eigenvalue weighted by atomic mass is 10.1. The molecular weight excluding hydrogens is 290 g/mol. The molecular formula is C18H17N3O2. The first-order valence-corrected chi connectivity index (χ1v) is 7.59. The van der Waals surface area contributed by atoms with E-state index in [1.54, 1.807) is 0 Å². The summed E-state index contributed by atoms with van der Waals surface area (Å²) in [5.41, 5.74) is 5.83. The molecule has 0 radical (unpaired) electrons. The van der Waals surface area contributed by atoms with Crippen molar-refractivity contribution < 1.29 is 9.53 Å². The molecule has 116 valence electrons. The Bertz CT molecular complexity index is 814. The molecule has 0 fully saturated rings. The molecule has 23 heavy (non-hydrogen) atoms. The van der Waals surface area contributed by atoms with Crippen LogP contribution in [-0.4, -0.2) is 12.6 Å². The van der Waals surface area contributed by atoms with E-state index in [1.165, 1.54) is 0 Å².